The second-order valence-electron chi connectivity index (χ2n) is 9.77. The molecule has 3 heteroatoms. The normalized spacial score (nSPS) is 31.2. The molecule has 0 saturated heterocycles. The zero-order valence-corrected chi connectivity index (χ0v) is 16.3. The Morgan fingerprint density at radius 3 is 2.28 bits per heavy atom. The van der Waals surface area contributed by atoms with Crippen LogP contribution in [0.1, 0.15) is 77.8 Å². The number of benzene rings is 1. The van der Waals surface area contributed by atoms with E-state index in [0.717, 1.165) is 43.2 Å². The monoisotopic (exact) mass is 344 g/mol. The van der Waals surface area contributed by atoms with E-state index in [-0.39, 0.29) is 27.7 Å². The van der Waals surface area contributed by atoms with Gasteiger partial charge in [-0.15, -0.1) is 0 Å². The highest BCUT2D eigenvalue weighted by molar-refractivity contribution is 5.85. The number of hydrogen-bond donors (Lipinski definition) is 2. The molecule has 1 aromatic carbocycles. The lowest BCUT2D eigenvalue weighted by Gasteiger charge is -2.50. The third-order valence-corrected chi connectivity index (χ3v) is 7.24. The number of Topliss-reactive ketones (excluding diaryl/α,β-unsaturated/α-hetero) is 1. The van der Waals surface area contributed by atoms with Crippen LogP contribution < -0.4 is 0 Å². The maximum absolute atomic E-state index is 12.6. The van der Waals surface area contributed by atoms with Crippen LogP contribution >= 0.6 is 0 Å². The lowest BCUT2D eigenvalue weighted by atomic mass is 9.53. The van der Waals surface area contributed by atoms with Crippen LogP contribution in [0.4, 0.5) is 0 Å². The third kappa shape index (κ3) is 2.96. The number of aryl methyl sites for hydroxylation is 1. The number of fused-ring (bicyclic) bond motifs is 2. The van der Waals surface area contributed by atoms with Crippen molar-refractivity contribution in [2.24, 2.45) is 16.7 Å². The molecule has 0 bridgehead atoms. The van der Waals surface area contributed by atoms with Gasteiger partial charge in [-0.05, 0) is 60.5 Å². The summed E-state index contributed by atoms with van der Waals surface area (Å²) < 4.78 is 0. The molecule has 0 amide bonds. The van der Waals surface area contributed by atoms with E-state index in [4.69, 9.17) is 0 Å². The number of aromatic hydroxyl groups is 2. The molecule has 3 nitrogen and oxygen atoms in total. The minimum absolute atomic E-state index is 0.121. The van der Waals surface area contributed by atoms with Crippen LogP contribution in [0.5, 0.6) is 11.5 Å². The Morgan fingerprint density at radius 2 is 1.60 bits per heavy atom. The Labute approximate surface area is 151 Å². The number of carbonyl (C=O) groups is 1. The molecule has 2 aliphatic rings. The molecule has 1 fully saturated rings. The van der Waals surface area contributed by atoms with Gasteiger partial charge in [0.25, 0.3) is 0 Å². The fourth-order valence-electron chi connectivity index (χ4n) is 5.67. The Bertz CT molecular complexity index is 701. The molecule has 2 N–H and O–H groups in total. The average Bonchev–Trinajstić information content (AvgIpc) is 2.51. The summed E-state index contributed by atoms with van der Waals surface area (Å²) in [7, 11) is 0. The van der Waals surface area contributed by atoms with Crippen molar-refractivity contribution in [1.29, 1.82) is 0 Å². The lowest BCUT2D eigenvalue weighted by Crippen LogP contribution is -2.48. The van der Waals surface area contributed by atoms with Crippen LogP contribution in [-0.2, 0) is 16.6 Å². The fraction of sp³-hybridized carbons (Fsp3) is 0.682. The van der Waals surface area contributed by atoms with Gasteiger partial charge >= 0.3 is 0 Å². The second-order valence-corrected chi connectivity index (χ2v) is 9.77. The van der Waals surface area contributed by atoms with E-state index in [1.807, 2.05) is 6.07 Å². The van der Waals surface area contributed by atoms with Crippen molar-refractivity contribution in [2.45, 2.75) is 78.6 Å². The first-order valence-electron chi connectivity index (χ1n) is 9.56. The molecule has 0 aliphatic heterocycles. The molecule has 0 heterocycles. The molecular weight excluding hydrogens is 312 g/mol. The minimum Gasteiger partial charge on any atom is -0.508 e. The maximum Gasteiger partial charge on any atom is 0.138 e. The third-order valence-electron chi connectivity index (χ3n) is 7.24. The molecule has 1 aromatic rings. The van der Waals surface area contributed by atoms with E-state index in [9.17, 15) is 15.0 Å². The SMILES string of the molecule is CC1(C)CC[C@H]2C(C)(C)C(=O)CC[C@]2(C)CCc2cc(O)cc(O)c21. The van der Waals surface area contributed by atoms with Crippen LogP contribution in [0.25, 0.3) is 0 Å². The van der Waals surface area contributed by atoms with Crippen LogP contribution in [0.15, 0.2) is 12.1 Å². The lowest BCUT2D eigenvalue weighted by molar-refractivity contribution is -0.140. The summed E-state index contributed by atoms with van der Waals surface area (Å²) in [5, 5.41) is 20.5. The van der Waals surface area contributed by atoms with Crippen LogP contribution in [0, 0.1) is 16.7 Å². The van der Waals surface area contributed by atoms with E-state index in [1.165, 1.54) is 6.07 Å². The summed E-state index contributed by atoms with van der Waals surface area (Å²) in [5.41, 5.74) is 1.67. The highest BCUT2D eigenvalue weighted by Crippen LogP contribution is 2.56. The molecular formula is C22H32O3. The van der Waals surface area contributed by atoms with Gasteiger partial charge in [0.15, 0.2) is 0 Å². The van der Waals surface area contributed by atoms with Gasteiger partial charge in [0.05, 0.1) is 0 Å². The highest BCUT2D eigenvalue weighted by Gasteiger charge is 2.51. The maximum atomic E-state index is 12.6. The second kappa shape index (κ2) is 5.75. The van der Waals surface area contributed by atoms with Gasteiger partial charge in [-0.2, -0.15) is 0 Å². The number of phenolic OH excluding ortho intramolecular Hbond substituents is 2. The molecule has 0 unspecified atom stereocenters. The summed E-state index contributed by atoms with van der Waals surface area (Å²) in [4.78, 5) is 12.6. The van der Waals surface area contributed by atoms with E-state index >= 15 is 0 Å². The van der Waals surface area contributed by atoms with E-state index in [2.05, 4.69) is 34.6 Å². The van der Waals surface area contributed by atoms with Crippen molar-refractivity contribution in [1.82, 2.24) is 0 Å². The number of phenols is 2. The van der Waals surface area contributed by atoms with E-state index in [0.29, 0.717) is 18.1 Å². The molecule has 2 atom stereocenters. The zero-order chi connectivity index (χ0) is 18.6. The molecule has 25 heavy (non-hydrogen) atoms. The van der Waals surface area contributed by atoms with Gasteiger partial charge in [0.2, 0.25) is 0 Å². The topological polar surface area (TPSA) is 57.5 Å². The van der Waals surface area contributed by atoms with Crippen molar-refractivity contribution in [3.8, 4) is 11.5 Å². The smallest absolute Gasteiger partial charge is 0.138 e. The van der Waals surface area contributed by atoms with Crippen molar-refractivity contribution in [2.75, 3.05) is 0 Å². The first kappa shape index (κ1) is 18.3. The van der Waals surface area contributed by atoms with Gasteiger partial charge in [-0.25, -0.2) is 0 Å². The Morgan fingerprint density at radius 1 is 0.960 bits per heavy atom. The summed E-state index contributed by atoms with van der Waals surface area (Å²) in [6, 6.07) is 3.28. The standard InChI is InChI=1S/C22H32O3/c1-20(2)9-7-17-21(3,4)18(25)8-11-22(17,5)10-6-14-12-15(23)13-16(24)19(14)20/h12-13,17,23-24H,6-11H2,1-5H3/t17-,22-/m0/s1. The van der Waals surface area contributed by atoms with Crippen molar-refractivity contribution in [3.05, 3.63) is 23.3 Å². The predicted molar refractivity (Wildman–Crippen MR) is 100.0 cm³/mol. The molecule has 2 aliphatic carbocycles. The average molecular weight is 344 g/mol. The van der Waals surface area contributed by atoms with E-state index < -0.39 is 0 Å². The number of rotatable bonds is 0. The Hall–Kier alpha value is -1.51. The van der Waals surface area contributed by atoms with Gasteiger partial charge in [-0.3, -0.25) is 4.79 Å². The fourth-order valence-corrected chi connectivity index (χ4v) is 5.67. The molecule has 1 saturated carbocycles. The largest absolute Gasteiger partial charge is 0.508 e. The summed E-state index contributed by atoms with van der Waals surface area (Å²) in [5.74, 6) is 1.08. The minimum atomic E-state index is -0.288. The van der Waals surface area contributed by atoms with Crippen LogP contribution in [0.2, 0.25) is 0 Å². The van der Waals surface area contributed by atoms with Crippen LogP contribution in [0.3, 0.4) is 0 Å². The molecule has 0 aromatic heterocycles. The number of carbonyl (C=O) groups excluding carboxylic acids is 1. The van der Waals surface area contributed by atoms with Gasteiger partial charge in [0, 0.05) is 23.5 Å². The van der Waals surface area contributed by atoms with Crippen molar-refractivity contribution in [3.63, 3.8) is 0 Å². The zero-order valence-electron chi connectivity index (χ0n) is 16.3. The van der Waals surface area contributed by atoms with Gasteiger partial charge in [0.1, 0.15) is 17.3 Å². The summed E-state index contributed by atoms with van der Waals surface area (Å²) in [6.45, 7) is 10.9. The molecule has 3 rings (SSSR count). The number of ketones is 1. The summed E-state index contributed by atoms with van der Waals surface area (Å²) >= 11 is 0. The quantitative estimate of drug-likeness (QED) is 0.687. The van der Waals surface area contributed by atoms with Gasteiger partial charge in [-0.1, -0.05) is 34.6 Å². The van der Waals surface area contributed by atoms with Crippen molar-refractivity contribution >= 4 is 5.78 Å². The predicted octanol–water partition coefficient (Wildman–Crippen LogP) is 5.11. The first-order chi connectivity index (χ1) is 11.5. The molecule has 0 spiro atoms. The molecule has 0 radical (unpaired) electrons. The van der Waals surface area contributed by atoms with Crippen molar-refractivity contribution < 1.29 is 15.0 Å². The Kier molecular flexibility index (Phi) is 4.21. The number of hydrogen-bond acceptors (Lipinski definition) is 3. The first-order valence-corrected chi connectivity index (χ1v) is 9.56. The highest BCUT2D eigenvalue weighted by atomic mass is 16.3. The van der Waals surface area contributed by atoms with Gasteiger partial charge < -0.3 is 10.2 Å². The van der Waals surface area contributed by atoms with E-state index in [1.54, 1.807) is 0 Å². The van der Waals surface area contributed by atoms with Crippen LogP contribution in [-0.4, -0.2) is 16.0 Å². The summed E-state index contributed by atoms with van der Waals surface area (Å²) in [6.07, 6.45) is 5.34. The Balaban J connectivity index is 2.09. The molecule has 138 valence electrons.